The van der Waals surface area contributed by atoms with Crippen LogP contribution >= 0.6 is 23.2 Å². The van der Waals surface area contributed by atoms with E-state index in [1.54, 1.807) is 24.4 Å². The Balaban J connectivity index is 2.20. The van der Waals surface area contributed by atoms with Crippen LogP contribution in [0.5, 0.6) is 0 Å². The zero-order valence-electron chi connectivity index (χ0n) is 12.8. The minimum Gasteiger partial charge on any atom is -0.356 e. The largest absolute Gasteiger partial charge is 0.356 e. The quantitative estimate of drug-likeness (QED) is 0.757. The molecule has 2 aromatic rings. The fourth-order valence-electron chi connectivity index (χ4n) is 2.22. The Bertz CT molecular complexity index is 593. The van der Waals surface area contributed by atoms with Gasteiger partial charge in [0.1, 0.15) is 5.82 Å². The van der Waals surface area contributed by atoms with Crippen molar-refractivity contribution in [1.82, 2.24) is 9.97 Å². The molecule has 118 valence electrons. The number of hydrogen-bond acceptors (Lipinski definition) is 4. The van der Waals surface area contributed by atoms with Gasteiger partial charge in [-0.15, -0.1) is 0 Å². The van der Waals surface area contributed by atoms with Crippen LogP contribution in [0.1, 0.15) is 26.7 Å². The highest BCUT2D eigenvalue weighted by atomic mass is 35.5. The van der Waals surface area contributed by atoms with Crippen LogP contribution in [-0.4, -0.2) is 23.1 Å². The molecule has 0 bridgehead atoms. The van der Waals surface area contributed by atoms with Crippen molar-refractivity contribution in [1.29, 1.82) is 0 Å². The predicted molar refractivity (Wildman–Crippen MR) is 94.6 cm³/mol. The molecule has 0 saturated carbocycles. The highest BCUT2D eigenvalue weighted by Gasteiger charge is 2.08. The van der Waals surface area contributed by atoms with E-state index in [0.717, 1.165) is 37.4 Å². The Morgan fingerprint density at radius 3 is 2.27 bits per heavy atom. The number of anilines is 3. The van der Waals surface area contributed by atoms with Gasteiger partial charge in [0, 0.05) is 35.0 Å². The van der Waals surface area contributed by atoms with E-state index in [9.17, 15) is 0 Å². The van der Waals surface area contributed by atoms with Gasteiger partial charge in [-0.05, 0) is 37.1 Å². The van der Waals surface area contributed by atoms with Crippen molar-refractivity contribution in [3.63, 3.8) is 0 Å². The first-order valence-corrected chi connectivity index (χ1v) is 8.19. The molecule has 1 aromatic carbocycles. The van der Waals surface area contributed by atoms with E-state index in [-0.39, 0.29) is 0 Å². The molecule has 0 unspecified atom stereocenters. The predicted octanol–water partition coefficient (Wildman–Crippen LogP) is 5.15. The van der Waals surface area contributed by atoms with Crippen molar-refractivity contribution in [2.45, 2.75) is 26.7 Å². The van der Waals surface area contributed by atoms with Gasteiger partial charge in [0.15, 0.2) is 0 Å². The van der Waals surface area contributed by atoms with Crippen LogP contribution in [0.2, 0.25) is 10.0 Å². The number of nitrogens with one attached hydrogen (secondary N) is 1. The third-order valence-electron chi connectivity index (χ3n) is 3.07. The maximum Gasteiger partial charge on any atom is 0.229 e. The average molecular weight is 339 g/mol. The van der Waals surface area contributed by atoms with Crippen molar-refractivity contribution >= 4 is 40.7 Å². The Morgan fingerprint density at radius 2 is 1.68 bits per heavy atom. The molecular formula is C16H20Cl2N4. The summed E-state index contributed by atoms with van der Waals surface area (Å²) < 4.78 is 0. The number of nitrogens with zero attached hydrogens (tertiary/aromatic N) is 3. The van der Waals surface area contributed by atoms with Crippen molar-refractivity contribution < 1.29 is 0 Å². The lowest BCUT2D eigenvalue weighted by Gasteiger charge is -2.22. The van der Waals surface area contributed by atoms with E-state index >= 15 is 0 Å². The Kier molecular flexibility index (Phi) is 6.28. The summed E-state index contributed by atoms with van der Waals surface area (Å²) in [5.74, 6) is 1.46. The van der Waals surface area contributed by atoms with Crippen LogP contribution < -0.4 is 10.2 Å². The molecule has 1 heterocycles. The Hall–Kier alpha value is -1.52. The standard InChI is InChI=1S/C16H20Cl2N4/c1-3-7-22(8-4-2)15-5-6-19-16(21-15)20-14-10-12(17)9-13(18)11-14/h5-6,9-11H,3-4,7-8H2,1-2H3,(H,19,20,21). The monoisotopic (exact) mass is 338 g/mol. The Morgan fingerprint density at radius 1 is 1.05 bits per heavy atom. The molecule has 0 spiro atoms. The summed E-state index contributed by atoms with van der Waals surface area (Å²) in [6, 6.07) is 7.20. The van der Waals surface area contributed by atoms with Crippen LogP contribution in [-0.2, 0) is 0 Å². The van der Waals surface area contributed by atoms with Crippen molar-refractivity contribution in [2.75, 3.05) is 23.3 Å². The number of benzene rings is 1. The molecule has 0 fully saturated rings. The maximum atomic E-state index is 6.01. The molecule has 0 aliphatic carbocycles. The smallest absolute Gasteiger partial charge is 0.229 e. The molecular weight excluding hydrogens is 319 g/mol. The number of aromatic nitrogens is 2. The summed E-state index contributed by atoms with van der Waals surface area (Å²) >= 11 is 12.0. The first kappa shape index (κ1) is 16.8. The SMILES string of the molecule is CCCN(CCC)c1ccnc(Nc2cc(Cl)cc(Cl)c2)n1. The molecule has 0 saturated heterocycles. The van der Waals surface area contributed by atoms with E-state index < -0.39 is 0 Å². The van der Waals surface area contributed by atoms with Crippen LogP contribution in [0.25, 0.3) is 0 Å². The van der Waals surface area contributed by atoms with Gasteiger partial charge in [-0.1, -0.05) is 37.0 Å². The normalized spacial score (nSPS) is 10.5. The fraction of sp³-hybridized carbons (Fsp3) is 0.375. The minimum absolute atomic E-state index is 0.535. The lowest BCUT2D eigenvalue weighted by Crippen LogP contribution is -2.26. The molecule has 0 atom stereocenters. The van der Waals surface area contributed by atoms with Crippen molar-refractivity contribution in [3.8, 4) is 0 Å². The second kappa shape index (κ2) is 8.20. The fourth-order valence-corrected chi connectivity index (χ4v) is 2.75. The van der Waals surface area contributed by atoms with Gasteiger partial charge in [-0.3, -0.25) is 0 Å². The van der Waals surface area contributed by atoms with Gasteiger partial charge in [-0.25, -0.2) is 4.98 Å². The summed E-state index contributed by atoms with van der Waals surface area (Å²) in [5, 5.41) is 4.29. The van der Waals surface area contributed by atoms with Gasteiger partial charge in [0.2, 0.25) is 5.95 Å². The number of halogens is 2. The molecule has 0 aliphatic heterocycles. The van der Waals surface area contributed by atoms with E-state index in [1.165, 1.54) is 0 Å². The third kappa shape index (κ3) is 4.75. The zero-order valence-corrected chi connectivity index (χ0v) is 14.3. The summed E-state index contributed by atoms with van der Waals surface area (Å²) in [5.41, 5.74) is 0.771. The highest BCUT2D eigenvalue weighted by molar-refractivity contribution is 6.35. The van der Waals surface area contributed by atoms with Crippen LogP contribution in [0.3, 0.4) is 0 Å². The average Bonchev–Trinajstić information content (AvgIpc) is 2.46. The number of hydrogen-bond donors (Lipinski definition) is 1. The summed E-state index contributed by atoms with van der Waals surface area (Å²) in [7, 11) is 0. The number of rotatable bonds is 7. The van der Waals surface area contributed by atoms with Crippen LogP contribution in [0.4, 0.5) is 17.5 Å². The summed E-state index contributed by atoms with van der Waals surface area (Å²) in [6.07, 6.45) is 3.92. The topological polar surface area (TPSA) is 41.1 Å². The molecule has 22 heavy (non-hydrogen) atoms. The van der Waals surface area contributed by atoms with E-state index in [0.29, 0.717) is 16.0 Å². The molecule has 1 N–H and O–H groups in total. The van der Waals surface area contributed by atoms with Crippen molar-refractivity contribution in [3.05, 3.63) is 40.5 Å². The maximum absolute atomic E-state index is 6.01. The van der Waals surface area contributed by atoms with E-state index in [2.05, 4.69) is 34.0 Å². The molecule has 6 heteroatoms. The molecule has 0 amide bonds. The van der Waals surface area contributed by atoms with E-state index in [4.69, 9.17) is 23.2 Å². The van der Waals surface area contributed by atoms with Gasteiger partial charge >= 0.3 is 0 Å². The second-order valence-electron chi connectivity index (χ2n) is 5.01. The van der Waals surface area contributed by atoms with Crippen LogP contribution in [0.15, 0.2) is 30.5 Å². The van der Waals surface area contributed by atoms with Crippen LogP contribution in [0, 0.1) is 0 Å². The summed E-state index contributed by atoms with van der Waals surface area (Å²) in [6.45, 7) is 6.29. The second-order valence-corrected chi connectivity index (χ2v) is 5.88. The first-order valence-electron chi connectivity index (χ1n) is 7.43. The Labute approximate surface area is 141 Å². The summed E-state index contributed by atoms with van der Waals surface area (Å²) in [4.78, 5) is 11.1. The molecule has 2 rings (SSSR count). The third-order valence-corrected chi connectivity index (χ3v) is 3.51. The lowest BCUT2D eigenvalue weighted by molar-refractivity contribution is 0.733. The highest BCUT2D eigenvalue weighted by Crippen LogP contribution is 2.24. The van der Waals surface area contributed by atoms with Crippen molar-refractivity contribution in [2.24, 2.45) is 0 Å². The van der Waals surface area contributed by atoms with Gasteiger partial charge < -0.3 is 10.2 Å². The zero-order chi connectivity index (χ0) is 15.9. The molecule has 1 aromatic heterocycles. The van der Waals surface area contributed by atoms with Gasteiger partial charge in [0.05, 0.1) is 0 Å². The first-order chi connectivity index (χ1) is 10.6. The van der Waals surface area contributed by atoms with Gasteiger partial charge in [0.25, 0.3) is 0 Å². The molecule has 4 nitrogen and oxygen atoms in total. The van der Waals surface area contributed by atoms with Gasteiger partial charge in [-0.2, -0.15) is 4.98 Å². The minimum atomic E-state index is 0.535. The van der Waals surface area contributed by atoms with E-state index in [1.807, 2.05) is 6.07 Å². The molecule has 0 radical (unpaired) electrons. The lowest BCUT2D eigenvalue weighted by atomic mass is 10.3. The molecule has 0 aliphatic rings.